The molecule has 0 saturated carbocycles. The summed E-state index contributed by atoms with van der Waals surface area (Å²) < 4.78 is 15.6. The van der Waals surface area contributed by atoms with Gasteiger partial charge in [0.25, 0.3) is 0 Å². The molecule has 0 fully saturated rings. The van der Waals surface area contributed by atoms with Crippen molar-refractivity contribution < 1.29 is 9.47 Å². The number of rotatable bonds is 8. The summed E-state index contributed by atoms with van der Waals surface area (Å²) >= 11 is 0. The molecule has 0 bridgehead atoms. The highest BCUT2D eigenvalue weighted by atomic mass is 16.5. The Balaban J connectivity index is 1.49. The van der Waals surface area contributed by atoms with Crippen molar-refractivity contribution in [3.05, 3.63) is 71.2 Å². The van der Waals surface area contributed by atoms with Crippen molar-refractivity contribution in [1.82, 2.24) is 24.1 Å². The van der Waals surface area contributed by atoms with Crippen molar-refractivity contribution >= 4 is 16.7 Å². The van der Waals surface area contributed by atoms with Crippen LogP contribution < -0.4 is 9.47 Å². The Labute approximate surface area is 205 Å². The summed E-state index contributed by atoms with van der Waals surface area (Å²) in [7, 11) is 0. The first-order valence-corrected chi connectivity index (χ1v) is 12.2. The van der Waals surface area contributed by atoms with E-state index in [4.69, 9.17) is 24.5 Å². The van der Waals surface area contributed by atoms with Crippen molar-refractivity contribution in [2.24, 2.45) is 0 Å². The summed E-state index contributed by atoms with van der Waals surface area (Å²) in [4.78, 5) is 9.69. The number of hydrogen-bond acceptors (Lipinski definition) is 5. The lowest BCUT2D eigenvalue weighted by atomic mass is 10.1. The van der Waals surface area contributed by atoms with Gasteiger partial charge in [0, 0.05) is 17.8 Å². The van der Waals surface area contributed by atoms with E-state index in [2.05, 4.69) is 61.7 Å². The number of nitrogens with zero attached hydrogens (tertiary/aromatic N) is 5. The van der Waals surface area contributed by atoms with E-state index in [1.165, 1.54) is 22.4 Å². The van der Waals surface area contributed by atoms with E-state index in [1.54, 1.807) is 10.8 Å². The first-order chi connectivity index (χ1) is 17.0. The van der Waals surface area contributed by atoms with E-state index in [9.17, 15) is 0 Å². The van der Waals surface area contributed by atoms with Crippen LogP contribution in [0.2, 0.25) is 0 Å². The van der Waals surface area contributed by atoms with Crippen molar-refractivity contribution in [3.8, 4) is 22.9 Å². The summed E-state index contributed by atoms with van der Waals surface area (Å²) in [5.41, 5.74) is 7.56. The molecule has 5 rings (SSSR count). The zero-order chi connectivity index (χ0) is 24.5. The molecule has 7 nitrogen and oxygen atoms in total. The highest BCUT2D eigenvalue weighted by molar-refractivity contribution is 5.94. The second-order valence-electron chi connectivity index (χ2n) is 8.77. The fourth-order valence-corrected chi connectivity index (χ4v) is 4.52. The van der Waals surface area contributed by atoms with Crippen LogP contribution >= 0.6 is 0 Å². The quantitative estimate of drug-likeness (QED) is 0.291. The SMILES string of the molecule is CCOc1ccc(CCn2c(C)c(C)c3c2ncn2nc(-c4ccc(C)cc4)nc32)cc1OCC. The molecule has 0 atom stereocenters. The first kappa shape index (κ1) is 22.9. The number of aromatic nitrogens is 5. The van der Waals surface area contributed by atoms with Crippen molar-refractivity contribution in [2.45, 2.75) is 47.6 Å². The molecule has 7 heteroatoms. The van der Waals surface area contributed by atoms with Gasteiger partial charge in [0.05, 0.1) is 18.6 Å². The average molecular weight is 470 g/mol. The van der Waals surface area contributed by atoms with Crippen LogP contribution in [0.25, 0.3) is 28.1 Å². The van der Waals surface area contributed by atoms with Crippen LogP contribution in [-0.2, 0) is 13.0 Å². The Morgan fingerprint density at radius 1 is 0.857 bits per heavy atom. The molecule has 3 heterocycles. The predicted molar refractivity (Wildman–Crippen MR) is 138 cm³/mol. The summed E-state index contributed by atoms with van der Waals surface area (Å²) in [6, 6.07) is 14.5. The van der Waals surface area contributed by atoms with E-state index in [0.717, 1.165) is 46.7 Å². The number of hydrogen-bond donors (Lipinski definition) is 0. The Bertz CT molecular complexity index is 1500. The topological polar surface area (TPSA) is 66.5 Å². The Morgan fingerprint density at radius 2 is 1.60 bits per heavy atom. The lowest BCUT2D eigenvalue weighted by Crippen LogP contribution is -2.05. The third kappa shape index (κ3) is 4.22. The second-order valence-corrected chi connectivity index (χ2v) is 8.77. The number of ether oxygens (including phenoxy) is 2. The standard InChI is InChI=1S/C28H31N5O2/c1-6-34-23-13-10-21(16-24(23)35-7-2)14-15-32-20(5)19(4)25-27(32)29-17-33-28(25)30-26(31-33)22-11-8-18(3)9-12-22/h8-13,16-17H,6-7,14-15H2,1-5H3. The Kier molecular flexibility index (Phi) is 6.16. The summed E-state index contributed by atoms with van der Waals surface area (Å²) in [6.45, 7) is 12.4. The highest BCUT2D eigenvalue weighted by Gasteiger charge is 2.18. The maximum Gasteiger partial charge on any atom is 0.182 e. The molecule has 0 amide bonds. The fraction of sp³-hybridized carbons (Fsp3) is 0.321. The molecule has 5 aromatic rings. The number of benzene rings is 2. The lowest BCUT2D eigenvalue weighted by Gasteiger charge is -2.13. The van der Waals surface area contributed by atoms with Gasteiger partial charge in [-0.05, 0) is 64.3 Å². The summed E-state index contributed by atoms with van der Waals surface area (Å²) in [5, 5.41) is 5.75. The van der Waals surface area contributed by atoms with E-state index >= 15 is 0 Å². The van der Waals surface area contributed by atoms with Gasteiger partial charge >= 0.3 is 0 Å². The summed E-state index contributed by atoms with van der Waals surface area (Å²) in [5.74, 6) is 2.29. The molecular weight excluding hydrogens is 438 g/mol. The van der Waals surface area contributed by atoms with E-state index in [-0.39, 0.29) is 0 Å². The van der Waals surface area contributed by atoms with Crippen LogP contribution in [0.5, 0.6) is 11.5 Å². The van der Waals surface area contributed by atoms with E-state index in [0.29, 0.717) is 19.0 Å². The maximum absolute atomic E-state index is 5.81. The molecule has 35 heavy (non-hydrogen) atoms. The van der Waals surface area contributed by atoms with Crippen LogP contribution in [0.15, 0.2) is 48.8 Å². The van der Waals surface area contributed by atoms with Gasteiger partial charge in [-0.1, -0.05) is 35.9 Å². The van der Waals surface area contributed by atoms with Crippen LogP contribution in [0.4, 0.5) is 0 Å². The zero-order valence-electron chi connectivity index (χ0n) is 21.0. The minimum absolute atomic E-state index is 0.604. The molecule has 2 aromatic carbocycles. The van der Waals surface area contributed by atoms with Gasteiger partial charge in [-0.15, -0.1) is 5.10 Å². The molecule has 0 aliphatic carbocycles. The van der Waals surface area contributed by atoms with Gasteiger partial charge < -0.3 is 14.0 Å². The molecular formula is C28H31N5O2. The highest BCUT2D eigenvalue weighted by Crippen LogP contribution is 2.31. The monoisotopic (exact) mass is 469 g/mol. The smallest absolute Gasteiger partial charge is 0.182 e. The third-order valence-corrected chi connectivity index (χ3v) is 6.49. The van der Waals surface area contributed by atoms with Crippen molar-refractivity contribution in [3.63, 3.8) is 0 Å². The van der Waals surface area contributed by atoms with Gasteiger partial charge in [-0.2, -0.15) is 0 Å². The van der Waals surface area contributed by atoms with Crippen molar-refractivity contribution in [1.29, 1.82) is 0 Å². The van der Waals surface area contributed by atoms with Crippen LogP contribution in [0.1, 0.15) is 36.2 Å². The molecule has 0 radical (unpaired) electrons. The van der Waals surface area contributed by atoms with Gasteiger partial charge in [-0.25, -0.2) is 14.5 Å². The lowest BCUT2D eigenvalue weighted by molar-refractivity contribution is 0.287. The van der Waals surface area contributed by atoms with Crippen LogP contribution in [-0.4, -0.2) is 37.4 Å². The van der Waals surface area contributed by atoms with Gasteiger partial charge in [0.1, 0.15) is 12.0 Å². The summed E-state index contributed by atoms with van der Waals surface area (Å²) in [6.07, 6.45) is 2.62. The van der Waals surface area contributed by atoms with E-state index < -0.39 is 0 Å². The van der Waals surface area contributed by atoms with Crippen LogP contribution in [0, 0.1) is 20.8 Å². The zero-order valence-corrected chi connectivity index (χ0v) is 21.0. The van der Waals surface area contributed by atoms with Gasteiger partial charge in [-0.3, -0.25) is 0 Å². The molecule has 180 valence electrons. The maximum atomic E-state index is 5.81. The largest absolute Gasteiger partial charge is 0.490 e. The molecule has 0 saturated heterocycles. The number of fused-ring (bicyclic) bond motifs is 3. The number of aryl methyl sites for hydroxylation is 4. The van der Waals surface area contributed by atoms with Gasteiger partial charge in [0.15, 0.2) is 23.0 Å². The first-order valence-electron chi connectivity index (χ1n) is 12.2. The minimum atomic E-state index is 0.604. The fourth-order valence-electron chi connectivity index (χ4n) is 4.52. The van der Waals surface area contributed by atoms with E-state index in [1.807, 2.05) is 19.9 Å². The molecule has 0 unspecified atom stereocenters. The normalized spacial score (nSPS) is 11.5. The molecule has 3 aromatic heterocycles. The molecule has 0 aliphatic rings. The van der Waals surface area contributed by atoms with Gasteiger partial charge in [0.2, 0.25) is 0 Å². The minimum Gasteiger partial charge on any atom is -0.490 e. The predicted octanol–water partition coefficient (Wildman–Crippen LogP) is 5.71. The van der Waals surface area contributed by atoms with Crippen molar-refractivity contribution in [2.75, 3.05) is 13.2 Å². The molecule has 0 spiro atoms. The van der Waals surface area contributed by atoms with Crippen LogP contribution in [0.3, 0.4) is 0 Å². The third-order valence-electron chi connectivity index (χ3n) is 6.49. The molecule has 0 N–H and O–H groups in total. The Morgan fingerprint density at radius 3 is 2.34 bits per heavy atom. The second kappa shape index (κ2) is 9.41. The molecule has 0 aliphatic heterocycles. The average Bonchev–Trinajstić information content (AvgIpc) is 3.39. The Hall–Kier alpha value is -3.87.